The zero-order chi connectivity index (χ0) is 25.0. The molecule has 0 saturated carbocycles. The van der Waals surface area contributed by atoms with Gasteiger partial charge in [-0.05, 0) is 48.9 Å². The monoisotopic (exact) mass is 504 g/mol. The number of aromatic nitrogens is 1. The van der Waals surface area contributed by atoms with Gasteiger partial charge in [-0.15, -0.1) is 0 Å². The molecule has 2 aliphatic heterocycles. The van der Waals surface area contributed by atoms with Crippen LogP contribution in [-0.4, -0.2) is 35.6 Å². The third kappa shape index (κ3) is 3.93. The van der Waals surface area contributed by atoms with E-state index < -0.39 is 23.2 Å². The van der Waals surface area contributed by atoms with E-state index in [1.807, 2.05) is 12.1 Å². The lowest BCUT2D eigenvalue weighted by Gasteiger charge is -2.45. The number of piperidine rings is 1. The molecule has 35 heavy (non-hydrogen) atoms. The van der Waals surface area contributed by atoms with Gasteiger partial charge >= 0.3 is 6.18 Å². The van der Waals surface area contributed by atoms with Crippen LogP contribution in [-0.2, 0) is 18.2 Å². The Morgan fingerprint density at radius 2 is 1.86 bits per heavy atom. The molecule has 184 valence electrons. The number of ether oxygens (including phenoxy) is 2. The number of likely N-dealkylation sites (tertiary alicyclic amines) is 1. The third-order valence-electron chi connectivity index (χ3n) is 6.87. The minimum atomic E-state index is -4.62. The predicted molar refractivity (Wildman–Crippen MR) is 126 cm³/mol. The molecule has 5 nitrogen and oxygen atoms in total. The molecule has 1 fully saturated rings. The van der Waals surface area contributed by atoms with Crippen LogP contribution in [0, 0.1) is 0 Å². The number of nitrogens with zero attached hydrogens (tertiary/aromatic N) is 2. The Morgan fingerprint density at radius 3 is 2.51 bits per heavy atom. The molecule has 0 atom stereocenters. The maximum Gasteiger partial charge on any atom is 0.419 e. The number of amides is 1. The number of halogens is 4. The summed E-state index contributed by atoms with van der Waals surface area (Å²) in [6.07, 6.45) is -2.79. The van der Waals surface area contributed by atoms with Gasteiger partial charge in [0.25, 0.3) is 5.91 Å². The van der Waals surface area contributed by atoms with Crippen LogP contribution in [0.1, 0.15) is 47.1 Å². The molecular weight excluding hydrogens is 481 g/mol. The van der Waals surface area contributed by atoms with Crippen molar-refractivity contribution in [2.45, 2.75) is 38.0 Å². The Labute approximate surface area is 206 Å². The van der Waals surface area contributed by atoms with Crippen LogP contribution in [0.15, 0.2) is 48.5 Å². The van der Waals surface area contributed by atoms with Crippen LogP contribution in [0.25, 0.3) is 5.69 Å². The Bertz CT molecular complexity index is 1290. The van der Waals surface area contributed by atoms with E-state index in [-0.39, 0.29) is 11.3 Å². The fourth-order valence-electron chi connectivity index (χ4n) is 5.09. The Morgan fingerprint density at radius 1 is 1.11 bits per heavy atom. The number of carbonyl (C=O) groups excluding carboxylic acids is 1. The van der Waals surface area contributed by atoms with Gasteiger partial charge in [-0.2, -0.15) is 13.2 Å². The minimum Gasteiger partial charge on any atom is -0.496 e. The summed E-state index contributed by atoms with van der Waals surface area (Å²) < 4.78 is 53.9. The number of aryl methyl sites for hydroxylation is 1. The van der Waals surface area contributed by atoms with Crippen molar-refractivity contribution < 1.29 is 27.4 Å². The summed E-state index contributed by atoms with van der Waals surface area (Å²) in [6, 6.07) is 13.1. The molecule has 0 bridgehead atoms. The van der Waals surface area contributed by atoms with Crippen molar-refractivity contribution in [3.05, 3.63) is 76.1 Å². The highest BCUT2D eigenvalue weighted by Gasteiger charge is 2.45. The van der Waals surface area contributed by atoms with Crippen LogP contribution >= 0.6 is 11.6 Å². The first-order valence-corrected chi connectivity index (χ1v) is 11.8. The smallest absolute Gasteiger partial charge is 0.419 e. The maximum absolute atomic E-state index is 13.4. The average molecular weight is 505 g/mol. The van der Waals surface area contributed by atoms with Crippen LogP contribution in [0.4, 0.5) is 13.2 Å². The quantitative estimate of drug-likeness (QED) is 0.424. The number of fused-ring (bicyclic) bond motifs is 4. The summed E-state index contributed by atoms with van der Waals surface area (Å²) in [5, 5.41) is 0.570. The first-order chi connectivity index (χ1) is 16.7. The molecule has 2 aromatic carbocycles. The van der Waals surface area contributed by atoms with Gasteiger partial charge in [-0.1, -0.05) is 18.5 Å². The number of alkyl halides is 3. The van der Waals surface area contributed by atoms with E-state index >= 15 is 0 Å². The Hall–Kier alpha value is -3.13. The number of hydrogen-bond acceptors (Lipinski definition) is 3. The van der Waals surface area contributed by atoms with Crippen molar-refractivity contribution >= 4 is 17.5 Å². The van der Waals surface area contributed by atoms with E-state index in [1.165, 1.54) is 19.2 Å². The molecule has 0 radical (unpaired) electrons. The molecule has 9 heteroatoms. The lowest BCUT2D eigenvalue weighted by atomic mass is 9.86. The van der Waals surface area contributed by atoms with Crippen molar-refractivity contribution in [3.8, 4) is 17.2 Å². The summed E-state index contributed by atoms with van der Waals surface area (Å²) in [7, 11) is 1.17. The molecule has 3 aromatic rings. The summed E-state index contributed by atoms with van der Waals surface area (Å²) in [4.78, 5) is 14.7. The molecule has 1 saturated heterocycles. The normalized spacial score (nSPS) is 16.5. The Balaban J connectivity index is 1.43. The van der Waals surface area contributed by atoms with Crippen molar-refractivity contribution in [1.82, 2.24) is 9.47 Å². The number of methoxy groups -OCH3 is 1. The van der Waals surface area contributed by atoms with Crippen molar-refractivity contribution in [3.63, 3.8) is 0 Å². The van der Waals surface area contributed by atoms with E-state index in [9.17, 15) is 18.0 Å². The molecule has 0 unspecified atom stereocenters. The van der Waals surface area contributed by atoms with Gasteiger partial charge in [0, 0.05) is 48.3 Å². The molecule has 0 N–H and O–H groups in total. The minimum absolute atomic E-state index is 0.0209. The van der Waals surface area contributed by atoms with E-state index in [4.69, 9.17) is 21.1 Å². The van der Waals surface area contributed by atoms with Gasteiger partial charge in [-0.3, -0.25) is 4.79 Å². The third-order valence-corrected chi connectivity index (χ3v) is 7.10. The second-order valence-corrected chi connectivity index (χ2v) is 9.25. The molecule has 1 amide bonds. The largest absolute Gasteiger partial charge is 0.496 e. The van der Waals surface area contributed by atoms with Crippen molar-refractivity contribution in [1.29, 1.82) is 0 Å². The van der Waals surface area contributed by atoms with E-state index in [1.54, 1.807) is 11.0 Å². The topological polar surface area (TPSA) is 43.7 Å². The Kier molecular flexibility index (Phi) is 5.74. The molecular formula is C26H24ClF3N2O3. The summed E-state index contributed by atoms with van der Waals surface area (Å²) in [6.45, 7) is 2.77. The molecule has 1 aromatic heterocycles. The molecule has 5 rings (SSSR count). The van der Waals surface area contributed by atoms with Gasteiger partial charge < -0.3 is 18.9 Å². The van der Waals surface area contributed by atoms with E-state index in [0.717, 1.165) is 29.6 Å². The van der Waals surface area contributed by atoms with Crippen LogP contribution in [0.3, 0.4) is 0 Å². The number of hydrogen-bond donors (Lipinski definition) is 0. The highest BCUT2D eigenvalue weighted by molar-refractivity contribution is 6.30. The average Bonchev–Trinajstić information content (AvgIpc) is 3.28. The molecule has 1 spiro atoms. The molecule has 0 aliphatic carbocycles. The van der Waals surface area contributed by atoms with Crippen LogP contribution in [0.5, 0.6) is 11.5 Å². The fourth-order valence-corrected chi connectivity index (χ4v) is 5.25. The number of rotatable bonds is 3. The second-order valence-electron chi connectivity index (χ2n) is 8.81. The lowest BCUT2D eigenvalue weighted by Crippen LogP contribution is -2.50. The van der Waals surface area contributed by atoms with Gasteiger partial charge in [0.1, 0.15) is 11.5 Å². The number of carbonyl (C=O) groups is 1. The fraction of sp³-hybridized carbons (Fsp3) is 0.346. The zero-order valence-corrected chi connectivity index (χ0v) is 20.0. The number of benzene rings is 2. The summed E-state index contributed by atoms with van der Waals surface area (Å²) >= 11 is 6.25. The van der Waals surface area contributed by atoms with Gasteiger partial charge in [0.05, 0.1) is 24.1 Å². The van der Waals surface area contributed by atoms with E-state index in [2.05, 4.69) is 23.6 Å². The first-order valence-electron chi connectivity index (χ1n) is 11.4. The highest BCUT2D eigenvalue weighted by atomic mass is 35.5. The summed E-state index contributed by atoms with van der Waals surface area (Å²) in [5.41, 5.74) is 1.44. The van der Waals surface area contributed by atoms with Gasteiger partial charge in [0.2, 0.25) is 0 Å². The second kappa shape index (κ2) is 8.52. The lowest BCUT2D eigenvalue weighted by molar-refractivity contribution is -0.138. The van der Waals surface area contributed by atoms with Gasteiger partial charge in [0.15, 0.2) is 5.60 Å². The molecule has 2 aliphatic rings. The molecule has 3 heterocycles. The van der Waals surface area contributed by atoms with Crippen molar-refractivity contribution in [2.24, 2.45) is 0 Å². The zero-order valence-electron chi connectivity index (χ0n) is 19.3. The van der Waals surface area contributed by atoms with Gasteiger partial charge in [-0.25, -0.2) is 0 Å². The summed E-state index contributed by atoms with van der Waals surface area (Å²) in [5.74, 6) is -0.0791. The highest BCUT2D eigenvalue weighted by Crippen LogP contribution is 2.47. The van der Waals surface area contributed by atoms with Crippen molar-refractivity contribution in [2.75, 3.05) is 20.2 Å². The van der Waals surface area contributed by atoms with E-state index in [0.29, 0.717) is 36.7 Å². The maximum atomic E-state index is 13.4. The first kappa shape index (κ1) is 23.6. The predicted octanol–water partition coefficient (Wildman–Crippen LogP) is 6.24. The van der Waals surface area contributed by atoms with Crippen LogP contribution in [0.2, 0.25) is 5.02 Å². The van der Waals surface area contributed by atoms with Crippen LogP contribution < -0.4 is 9.47 Å². The SMILES string of the molecule is CCc1ccc2n1-c1ccc(Cl)cc1OC21CCN(C(=O)c2ccc(OC)c(C(F)(F)F)c2)CC1. The standard InChI is InChI=1S/C26H24ClF3N2O3/c1-3-18-6-9-23-25(35-22-15-17(27)5-7-20(22)32(18)23)10-12-31(13-11-25)24(33)16-4-8-21(34-2)19(14-16)26(28,29)30/h4-9,14-15H,3,10-13H2,1-2H3.